The van der Waals surface area contributed by atoms with Crippen molar-refractivity contribution in [3.05, 3.63) is 30.3 Å². The fourth-order valence-electron chi connectivity index (χ4n) is 2.28. The molecule has 0 aliphatic carbocycles. The maximum atomic E-state index is 13.0. The molecule has 160 valence electrons. The van der Waals surface area contributed by atoms with Crippen LogP contribution in [0.4, 0.5) is 0 Å². The molecule has 0 bridgehead atoms. The summed E-state index contributed by atoms with van der Waals surface area (Å²) in [7, 11) is -1.89. The third-order valence-corrected chi connectivity index (χ3v) is 12.6. The Morgan fingerprint density at radius 1 is 1.07 bits per heavy atom. The molecule has 0 fully saturated rings. The van der Waals surface area contributed by atoms with Gasteiger partial charge in [-0.2, -0.15) is 0 Å². The van der Waals surface area contributed by atoms with Crippen molar-refractivity contribution in [2.45, 2.75) is 89.0 Å². The first-order valence-corrected chi connectivity index (χ1v) is 14.5. The molecule has 0 radical (unpaired) electrons. The molecular weight excluding hydrogens is 435 g/mol. The first kappa shape index (κ1) is 25.4. The van der Waals surface area contributed by atoms with Gasteiger partial charge >= 0.3 is 179 Å². The third kappa shape index (κ3) is 7.31. The van der Waals surface area contributed by atoms with Crippen molar-refractivity contribution < 1.29 is 19.1 Å². The number of aliphatic hydroxyl groups is 1. The van der Waals surface area contributed by atoms with Gasteiger partial charge in [0.05, 0.1) is 0 Å². The van der Waals surface area contributed by atoms with Gasteiger partial charge in [-0.05, 0) is 0 Å². The average molecular weight is 474 g/mol. The Kier molecular flexibility index (Phi) is 8.56. The predicted octanol–water partition coefficient (Wildman–Crippen LogP) is 4.31. The Morgan fingerprint density at radius 3 is 2.07 bits per heavy atom. The Balaban J connectivity index is 2.96. The summed E-state index contributed by atoms with van der Waals surface area (Å²) < 4.78 is 12.0. The van der Waals surface area contributed by atoms with Crippen molar-refractivity contribution in [3.63, 3.8) is 0 Å². The standard InChI is InChI=1S/C22H38O4SeSi/c1-20(2,3)26-19(24)22(7,27-17-13-11-10-12-14-17)18(23)15-16-25-28(8,9)21(4,5)6/h10-14,18,23H,15-16H2,1-9H3/t18-,22-/m0/s1. The number of carbonyl (C=O) groups is 1. The van der Waals surface area contributed by atoms with Crippen LogP contribution in [-0.2, 0) is 14.0 Å². The average Bonchev–Trinajstić information content (AvgIpc) is 2.52. The quantitative estimate of drug-likeness (QED) is 0.452. The van der Waals surface area contributed by atoms with Crippen LogP contribution < -0.4 is 4.46 Å². The molecule has 0 spiro atoms. The van der Waals surface area contributed by atoms with Crippen LogP contribution in [0, 0.1) is 0 Å². The van der Waals surface area contributed by atoms with Gasteiger partial charge in [0.25, 0.3) is 0 Å². The summed E-state index contributed by atoms with van der Waals surface area (Å²) in [6.07, 6.45) is -0.413. The summed E-state index contributed by atoms with van der Waals surface area (Å²) in [5.41, 5.74) is -0.595. The van der Waals surface area contributed by atoms with Crippen LogP contribution in [0.2, 0.25) is 22.4 Å². The molecule has 6 heteroatoms. The van der Waals surface area contributed by atoms with Crippen LogP contribution in [-0.4, -0.2) is 52.7 Å². The van der Waals surface area contributed by atoms with Crippen molar-refractivity contribution >= 4 is 33.7 Å². The van der Waals surface area contributed by atoms with E-state index in [1.807, 2.05) is 58.0 Å². The van der Waals surface area contributed by atoms with Crippen LogP contribution in [0.3, 0.4) is 0 Å². The summed E-state index contributed by atoms with van der Waals surface area (Å²) in [6.45, 7) is 18.8. The van der Waals surface area contributed by atoms with Crippen LogP contribution in [0.25, 0.3) is 0 Å². The number of hydrogen-bond donors (Lipinski definition) is 1. The molecule has 4 nitrogen and oxygen atoms in total. The van der Waals surface area contributed by atoms with Crippen LogP contribution in [0.1, 0.15) is 54.9 Å². The van der Waals surface area contributed by atoms with E-state index in [1.54, 1.807) is 0 Å². The van der Waals surface area contributed by atoms with Crippen molar-refractivity contribution in [1.82, 2.24) is 0 Å². The van der Waals surface area contributed by atoms with E-state index in [0.717, 1.165) is 4.46 Å². The number of aliphatic hydroxyl groups excluding tert-OH is 1. The first-order chi connectivity index (χ1) is 12.6. The molecule has 2 atom stereocenters. The maximum absolute atomic E-state index is 13.0. The zero-order valence-corrected chi connectivity index (χ0v) is 21.7. The molecule has 0 aliphatic rings. The molecule has 28 heavy (non-hydrogen) atoms. The minimum atomic E-state index is -1.89. The molecule has 0 heterocycles. The number of ether oxygens (including phenoxy) is 1. The number of esters is 1. The molecule has 0 saturated carbocycles. The molecular formula is C22H38O4SeSi. The number of carbonyl (C=O) groups excluding carboxylic acids is 1. The normalized spacial score (nSPS) is 16.4. The van der Waals surface area contributed by atoms with E-state index in [1.165, 1.54) is 0 Å². The monoisotopic (exact) mass is 474 g/mol. The molecule has 1 N–H and O–H groups in total. The first-order valence-electron chi connectivity index (χ1n) is 9.88. The van der Waals surface area contributed by atoms with E-state index in [2.05, 4.69) is 33.9 Å². The fourth-order valence-corrected chi connectivity index (χ4v) is 5.77. The fraction of sp³-hybridized carbons (Fsp3) is 0.682. The van der Waals surface area contributed by atoms with Gasteiger partial charge in [0, 0.05) is 0 Å². The van der Waals surface area contributed by atoms with E-state index < -0.39 is 24.3 Å². The van der Waals surface area contributed by atoms with Gasteiger partial charge in [0.15, 0.2) is 0 Å². The second kappa shape index (κ2) is 9.44. The van der Waals surface area contributed by atoms with Gasteiger partial charge in [-0.3, -0.25) is 0 Å². The molecule has 1 aromatic carbocycles. The number of benzene rings is 1. The van der Waals surface area contributed by atoms with E-state index in [0.29, 0.717) is 13.0 Å². The summed E-state index contributed by atoms with van der Waals surface area (Å²) in [5.74, 6) is -0.344. The third-order valence-electron chi connectivity index (χ3n) is 5.17. The summed E-state index contributed by atoms with van der Waals surface area (Å²) in [4.78, 5) is 13.0. The van der Waals surface area contributed by atoms with Crippen molar-refractivity contribution in [3.8, 4) is 0 Å². The van der Waals surface area contributed by atoms with Gasteiger partial charge in [0.2, 0.25) is 0 Å². The SMILES string of the molecule is CC(C)(C)OC(=O)[C@@](C)([Se]c1ccccc1)[C@@H](O)CCO[Si](C)(C)C(C)(C)C. The van der Waals surface area contributed by atoms with Crippen LogP contribution in [0.5, 0.6) is 0 Å². The van der Waals surface area contributed by atoms with Gasteiger partial charge in [-0.15, -0.1) is 0 Å². The second-order valence-electron chi connectivity index (χ2n) is 9.94. The van der Waals surface area contributed by atoms with Gasteiger partial charge in [-0.1, -0.05) is 0 Å². The zero-order valence-electron chi connectivity index (χ0n) is 19.0. The Hall–Kier alpha value is -0.654. The Labute approximate surface area is 178 Å². The minimum absolute atomic E-state index is 0.112. The zero-order chi connectivity index (χ0) is 21.8. The predicted molar refractivity (Wildman–Crippen MR) is 120 cm³/mol. The molecule has 1 aromatic rings. The van der Waals surface area contributed by atoms with Crippen LogP contribution in [0.15, 0.2) is 30.3 Å². The molecule has 0 aromatic heterocycles. The van der Waals surface area contributed by atoms with Crippen LogP contribution >= 0.6 is 0 Å². The molecule has 1 rings (SSSR count). The topological polar surface area (TPSA) is 55.8 Å². The molecule has 0 amide bonds. The Morgan fingerprint density at radius 2 is 1.61 bits per heavy atom. The van der Waals surface area contributed by atoms with E-state index in [-0.39, 0.29) is 26.0 Å². The Bertz CT molecular complexity index is 634. The second-order valence-corrected chi connectivity index (χ2v) is 17.9. The number of rotatable bonds is 8. The molecule has 0 saturated heterocycles. The molecule has 0 unspecified atom stereocenters. The van der Waals surface area contributed by atoms with Gasteiger partial charge in [0.1, 0.15) is 0 Å². The summed E-state index contributed by atoms with van der Waals surface area (Å²) >= 11 is -0.271. The summed E-state index contributed by atoms with van der Waals surface area (Å²) in [6, 6.07) is 9.87. The summed E-state index contributed by atoms with van der Waals surface area (Å²) in [5, 5.41) is 11.2. The van der Waals surface area contributed by atoms with E-state index in [9.17, 15) is 9.90 Å². The van der Waals surface area contributed by atoms with E-state index in [4.69, 9.17) is 9.16 Å². The van der Waals surface area contributed by atoms with E-state index >= 15 is 0 Å². The van der Waals surface area contributed by atoms with Gasteiger partial charge < -0.3 is 0 Å². The van der Waals surface area contributed by atoms with Crippen molar-refractivity contribution in [1.29, 1.82) is 0 Å². The van der Waals surface area contributed by atoms with Crippen molar-refractivity contribution in [2.75, 3.05) is 6.61 Å². The molecule has 0 aliphatic heterocycles. The van der Waals surface area contributed by atoms with Crippen molar-refractivity contribution in [2.24, 2.45) is 0 Å². The van der Waals surface area contributed by atoms with Gasteiger partial charge in [-0.25, -0.2) is 0 Å². The number of hydrogen-bond acceptors (Lipinski definition) is 4.